The van der Waals surface area contributed by atoms with E-state index in [-0.39, 0.29) is 36.5 Å². The maximum Gasteiger partial charge on any atom is 0.303 e. The van der Waals surface area contributed by atoms with E-state index in [4.69, 9.17) is 23.2 Å². The Morgan fingerprint density at radius 3 is 2.36 bits per heavy atom. The summed E-state index contributed by atoms with van der Waals surface area (Å²) in [4.78, 5) is 27.9. The second-order valence-electron chi connectivity index (χ2n) is 11.1. The second-order valence-corrected chi connectivity index (χ2v) is 14.3. The Hall–Kier alpha value is -2.13. The average molecular weight is 596 g/mol. The number of hydrogen-bond acceptors (Lipinski definition) is 4. The molecular formula is C29H36Cl2N2O5S. The molecule has 0 aromatic heterocycles. The van der Waals surface area contributed by atoms with Crippen molar-refractivity contribution in [2.75, 3.05) is 13.6 Å². The zero-order chi connectivity index (χ0) is 28.5. The number of nitrogens with zero attached hydrogens (tertiary/aromatic N) is 2. The van der Waals surface area contributed by atoms with E-state index < -0.39 is 33.5 Å². The van der Waals surface area contributed by atoms with E-state index in [0.29, 0.717) is 35.7 Å². The van der Waals surface area contributed by atoms with E-state index in [2.05, 4.69) is 0 Å². The molecule has 212 valence electrons. The van der Waals surface area contributed by atoms with E-state index in [0.717, 1.165) is 11.1 Å². The molecule has 2 aromatic carbocycles. The number of carboxylic acid groups (broad SMARTS) is 1. The van der Waals surface area contributed by atoms with Crippen LogP contribution >= 0.6 is 23.2 Å². The third-order valence-corrected chi connectivity index (χ3v) is 11.0. The van der Waals surface area contributed by atoms with Crippen LogP contribution in [-0.4, -0.2) is 59.5 Å². The van der Waals surface area contributed by atoms with E-state index in [1.807, 2.05) is 49.1 Å². The second kappa shape index (κ2) is 11.8. The normalized spacial score (nSPS) is 24.7. The number of aliphatic carboxylic acids is 1. The number of likely N-dealkylation sites (tertiary alicyclic amines) is 1. The third-order valence-electron chi connectivity index (χ3n) is 8.19. The van der Waals surface area contributed by atoms with Crippen LogP contribution in [0.1, 0.15) is 75.5 Å². The van der Waals surface area contributed by atoms with Crippen LogP contribution in [0.15, 0.2) is 48.5 Å². The van der Waals surface area contributed by atoms with Crippen LogP contribution in [0.25, 0.3) is 0 Å². The van der Waals surface area contributed by atoms with Crippen LogP contribution in [-0.2, 0) is 19.6 Å². The lowest BCUT2D eigenvalue weighted by molar-refractivity contribution is -0.156. The zero-order valence-electron chi connectivity index (χ0n) is 22.5. The fourth-order valence-corrected chi connectivity index (χ4v) is 7.77. The van der Waals surface area contributed by atoms with Gasteiger partial charge in [0.25, 0.3) is 0 Å². The lowest BCUT2D eigenvalue weighted by Gasteiger charge is -2.52. The SMILES string of the molecule is CC[C@@H](CN(C)S(=O)(=O)C1CC1)N1C(=O)[C@](C)(CCC(=O)O)C[C@H](c2cccc(Cl)c2)C1c1ccc(Cl)cc1. The van der Waals surface area contributed by atoms with E-state index >= 15 is 0 Å². The summed E-state index contributed by atoms with van der Waals surface area (Å²) < 4.78 is 27.5. The van der Waals surface area contributed by atoms with Gasteiger partial charge in [-0.3, -0.25) is 9.59 Å². The smallest absolute Gasteiger partial charge is 0.303 e. The van der Waals surface area contributed by atoms with Crippen LogP contribution in [0.2, 0.25) is 10.0 Å². The number of piperidine rings is 1. The lowest BCUT2D eigenvalue weighted by atomic mass is 9.66. The average Bonchev–Trinajstić information content (AvgIpc) is 3.75. The molecule has 0 spiro atoms. The monoisotopic (exact) mass is 594 g/mol. The number of hydrogen-bond donors (Lipinski definition) is 1. The standard InChI is InChI=1S/C29H36Cl2N2O5S/c1-4-23(18-32(3)39(37,38)24-12-13-24)33-27(19-8-10-21(30)11-9-19)25(20-6-5-7-22(31)16-20)17-29(2,28(33)36)15-14-26(34)35/h5-11,16,23-25,27H,4,12-15,17-18H2,1-3H3,(H,34,35)/t23-,25+,27?,29+/m0/s1. The van der Waals surface area contributed by atoms with Gasteiger partial charge in [0.1, 0.15) is 0 Å². The summed E-state index contributed by atoms with van der Waals surface area (Å²) >= 11 is 12.6. The van der Waals surface area contributed by atoms with Gasteiger partial charge in [-0.1, -0.05) is 61.3 Å². The van der Waals surface area contributed by atoms with Gasteiger partial charge in [-0.05, 0) is 67.5 Å². The van der Waals surface area contributed by atoms with Crippen molar-refractivity contribution < 1.29 is 23.1 Å². The molecule has 10 heteroatoms. The van der Waals surface area contributed by atoms with Gasteiger partial charge in [-0.15, -0.1) is 0 Å². The predicted molar refractivity (Wildman–Crippen MR) is 153 cm³/mol. The minimum Gasteiger partial charge on any atom is -0.481 e. The van der Waals surface area contributed by atoms with Crippen molar-refractivity contribution in [2.45, 2.75) is 75.6 Å². The van der Waals surface area contributed by atoms with Gasteiger partial charge < -0.3 is 10.0 Å². The van der Waals surface area contributed by atoms with Crippen LogP contribution in [0, 0.1) is 5.41 Å². The van der Waals surface area contributed by atoms with Crippen molar-refractivity contribution in [3.05, 3.63) is 69.7 Å². The van der Waals surface area contributed by atoms with Crippen molar-refractivity contribution in [2.24, 2.45) is 5.41 Å². The highest BCUT2D eigenvalue weighted by Gasteiger charge is 2.52. The number of carbonyl (C=O) groups excluding carboxylic acids is 1. The predicted octanol–water partition coefficient (Wildman–Crippen LogP) is 6.12. The number of halogens is 2. The van der Waals surface area contributed by atoms with Crippen LogP contribution in [0.4, 0.5) is 0 Å². The maximum absolute atomic E-state index is 14.4. The molecule has 0 radical (unpaired) electrons. The van der Waals surface area contributed by atoms with E-state index in [1.165, 1.54) is 4.31 Å². The lowest BCUT2D eigenvalue weighted by Crippen LogP contribution is -2.58. The molecule has 4 atom stereocenters. The van der Waals surface area contributed by atoms with Crippen molar-refractivity contribution in [3.63, 3.8) is 0 Å². The van der Waals surface area contributed by atoms with Gasteiger partial charge >= 0.3 is 5.97 Å². The first-order valence-corrected chi connectivity index (χ1v) is 15.6. The van der Waals surface area contributed by atoms with Crippen molar-refractivity contribution in [1.82, 2.24) is 9.21 Å². The summed E-state index contributed by atoms with van der Waals surface area (Å²) in [5, 5.41) is 10.3. The summed E-state index contributed by atoms with van der Waals surface area (Å²) in [7, 11) is -1.87. The minimum absolute atomic E-state index is 0.142. The Morgan fingerprint density at radius 1 is 1.13 bits per heavy atom. The van der Waals surface area contributed by atoms with E-state index in [1.54, 1.807) is 25.2 Å². The highest BCUT2D eigenvalue weighted by molar-refractivity contribution is 7.90. The first kappa shape index (κ1) is 29.8. The molecule has 2 aliphatic rings. The molecule has 0 bridgehead atoms. The molecule has 2 fully saturated rings. The molecular weight excluding hydrogens is 559 g/mol. The highest BCUT2D eigenvalue weighted by atomic mass is 35.5. The van der Waals surface area contributed by atoms with Gasteiger partial charge in [0.2, 0.25) is 15.9 Å². The summed E-state index contributed by atoms with van der Waals surface area (Å²) in [6, 6.07) is 14.1. The summed E-state index contributed by atoms with van der Waals surface area (Å²) in [5.74, 6) is -1.33. The number of amides is 1. The summed E-state index contributed by atoms with van der Waals surface area (Å²) in [6.07, 6.45) is 2.30. The van der Waals surface area contributed by atoms with Crippen LogP contribution < -0.4 is 0 Å². The summed E-state index contributed by atoms with van der Waals surface area (Å²) in [5.41, 5.74) is 0.856. The number of benzene rings is 2. The topological polar surface area (TPSA) is 95.0 Å². The van der Waals surface area contributed by atoms with Gasteiger partial charge in [0.05, 0.1) is 11.3 Å². The van der Waals surface area contributed by atoms with E-state index in [9.17, 15) is 23.1 Å². The molecule has 39 heavy (non-hydrogen) atoms. The third kappa shape index (κ3) is 6.45. The van der Waals surface area contributed by atoms with Crippen molar-refractivity contribution in [3.8, 4) is 0 Å². The fourth-order valence-electron chi connectivity index (χ4n) is 5.83. The van der Waals surface area contributed by atoms with Crippen LogP contribution in [0.3, 0.4) is 0 Å². The van der Waals surface area contributed by atoms with Gasteiger partial charge in [0, 0.05) is 47.4 Å². The number of carbonyl (C=O) groups is 2. The van der Waals surface area contributed by atoms with Gasteiger partial charge in [-0.2, -0.15) is 0 Å². The first-order chi connectivity index (χ1) is 18.4. The molecule has 1 aliphatic heterocycles. The Labute approximate surface area is 241 Å². The summed E-state index contributed by atoms with van der Waals surface area (Å²) in [6.45, 7) is 3.94. The molecule has 4 rings (SSSR count). The Bertz CT molecular complexity index is 1320. The quantitative estimate of drug-likeness (QED) is 0.338. The highest BCUT2D eigenvalue weighted by Crippen LogP contribution is 2.52. The molecule has 1 unspecified atom stereocenters. The molecule has 1 aliphatic carbocycles. The van der Waals surface area contributed by atoms with Crippen molar-refractivity contribution >= 4 is 45.1 Å². The Morgan fingerprint density at radius 2 is 1.79 bits per heavy atom. The molecule has 1 amide bonds. The maximum atomic E-state index is 14.4. The molecule has 2 aromatic rings. The molecule has 1 heterocycles. The first-order valence-electron chi connectivity index (χ1n) is 13.4. The Kier molecular flexibility index (Phi) is 9.01. The molecule has 1 N–H and O–H groups in total. The number of carboxylic acids is 1. The Balaban J connectivity index is 1.85. The molecule has 1 saturated heterocycles. The number of rotatable bonds is 11. The van der Waals surface area contributed by atoms with Crippen molar-refractivity contribution in [1.29, 1.82) is 0 Å². The largest absolute Gasteiger partial charge is 0.481 e. The number of sulfonamides is 1. The minimum atomic E-state index is -3.45. The molecule has 7 nitrogen and oxygen atoms in total. The van der Waals surface area contributed by atoms with Gasteiger partial charge in [-0.25, -0.2) is 12.7 Å². The molecule has 1 saturated carbocycles. The van der Waals surface area contributed by atoms with Crippen LogP contribution in [0.5, 0.6) is 0 Å². The zero-order valence-corrected chi connectivity index (χ0v) is 24.8. The van der Waals surface area contributed by atoms with Gasteiger partial charge in [0.15, 0.2) is 0 Å². The fraction of sp³-hybridized carbons (Fsp3) is 0.517. The number of likely N-dealkylation sites (N-methyl/N-ethyl adjacent to an activating group) is 1.